The van der Waals surface area contributed by atoms with E-state index in [0.29, 0.717) is 0 Å². The van der Waals surface area contributed by atoms with Crippen LogP contribution < -0.4 is 18.9 Å². The Balaban J connectivity index is -0.000000000500. The summed E-state index contributed by atoms with van der Waals surface area (Å²) in [4.78, 5) is 0. The van der Waals surface area contributed by atoms with Crippen molar-refractivity contribution in [3.63, 3.8) is 0 Å². The summed E-state index contributed by atoms with van der Waals surface area (Å²) in [5.41, 5.74) is 0. The first kappa shape index (κ1) is 16.5. The van der Waals surface area contributed by atoms with Gasteiger partial charge in [-0.05, 0) is 0 Å². The van der Waals surface area contributed by atoms with Crippen LogP contribution in [0, 0.1) is 0 Å². The molecule has 0 aromatic rings. The zero-order valence-corrected chi connectivity index (χ0v) is 7.04. The van der Waals surface area contributed by atoms with Gasteiger partial charge in [0.25, 0.3) is 0 Å². The zero-order valence-electron chi connectivity index (χ0n) is 5.60. The summed E-state index contributed by atoms with van der Waals surface area (Å²) in [7, 11) is 0. The van der Waals surface area contributed by atoms with Crippen LogP contribution >= 0.6 is 0 Å². The van der Waals surface area contributed by atoms with Gasteiger partial charge in [0.15, 0.2) is 0 Å². The number of rotatable bonds is 0. The standard InChI is InChI=1S/Ba.Li.H2O2.3H/c;;1-2;;;/h;;1-2H;;;/q+2;+1;;3*-1. The Kier molecular flexibility index (Phi) is 80.6. The van der Waals surface area contributed by atoms with Crippen molar-refractivity contribution < 1.29 is 33.7 Å². The number of hydrogen-bond acceptors (Lipinski definition) is 2. The smallest absolute Gasteiger partial charge is 1.00 e. The predicted molar refractivity (Wildman–Crippen MR) is 14.3 cm³/mol. The molecule has 0 aromatic carbocycles. The summed E-state index contributed by atoms with van der Waals surface area (Å²) in [6, 6.07) is 0. The second kappa shape index (κ2) is 19.5. The second-order valence-electron chi connectivity index (χ2n) is 0. The average molecular weight is 181 g/mol. The zero-order chi connectivity index (χ0) is 2.00. The third-order valence-electron chi connectivity index (χ3n) is 0. The maximum atomic E-state index is 6.00. The summed E-state index contributed by atoms with van der Waals surface area (Å²) < 4.78 is 0. The number of hydrogen-bond donors (Lipinski definition) is 2. The van der Waals surface area contributed by atoms with Gasteiger partial charge in [0, 0.05) is 0 Å². The van der Waals surface area contributed by atoms with E-state index >= 15 is 0 Å². The van der Waals surface area contributed by atoms with E-state index < -0.39 is 0 Å². The van der Waals surface area contributed by atoms with Gasteiger partial charge in [0.1, 0.15) is 0 Å². The first-order valence-electron chi connectivity index (χ1n) is 0.200. The van der Waals surface area contributed by atoms with E-state index in [9.17, 15) is 0 Å². The first-order valence-corrected chi connectivity index (χ1v) is 0.200. The molecule has 0 heterocycles. The van der Waals surface area contributed by atoms with Crippen molar-refractivity contribution in [1.29, 1.82) is 0 Å². The van der Waals surface area contributed by atoms with Crippen LogP contribution in [0.5, 0.6) is 0 Å². The fourth-order valence-corrected chi connectivity index (χ4v) is 0. The molecular formula is H5BaLiO2. The van der Waals surface area contributed by atoms with Gasteiger partial charge in [0.05, 0.1) is 0 Å². The van der Waals surface area contributed by atoms with Crippen LogP contribution in [0.25, 0.3) is 0 Å². The van der Waals surface area contributed by atoms with Crippen molar-refractivity contribution in [3.05, 3.63) is 0 Å². The predicted octanol–water partition coefficient (Wildman–Crippen LogP) is -3.02. The molecule has 0 aliphatic heterocycles. The van der Waals surface area contributed by atoms with Crippen LogP contribution in [-0.4, -0.2) is 59.4 Å². The fourth-order valence-electron chi connectivity index (χ4n) is 0. The van der Waals surface area contributed by atoms with Crippen molar-refractivity contribution in [2.75, 3.05) is 0 Å². The van der Waals surface area contributed by atoms with E-state index in [1.807, 2.05) is 0 Å². The van der Waals surface area contributed by atoms with E-state index in [1.54, 1.807) is 0 Å². The summed E-state index contributed by atoms with van der Waals surface area (Å²) in [6.45, 7) is 0. The van der Waals surface area contributed by atoms with Crippen molar-refractivity contribution in [2.45, 2.75) is 0 Å². The molecule has 0 radical (unpaired) electrons. The third-order valence-corrected chi connectivity index (χ3v) is 0. The van der Waals surface area contributed by atoms with Gasteiger partial charge in [0.2, 0.25) is 0 Å². The topological polar surface area (TPSA) is 40.5 Å². The second-order valence-corrected chi connectivity index (χ2v) is 0. The summed E-state index contributed by atoms with van der Waals surface area (Å²) >= 11 is 0. The minimum absolute atomic E-state index is 0. The molecule has 0 bridgehead atoms. The van der Waals surface area contributed by atoms with Gasteiger partial charge < -0.3 is 4.28 Å². The maximum Gasteiger partial charge on any atom is 2.00 e. The molecule has 0 rings (SSSR count). The summed E-state index contributed by atoms with van der Waals surface area (Å²) in [6.07, 6.45) is 0. The normalized spacial score (nSPS) is 1.50. The monoisotopic (exact) mass is 182 g/mol. The molecule has 0 atom stereocenters. The molecule has 0 amide bonds. The Hall–Kier alpha value is 2.09. The van der Waals surface area contributed by atoms with Crippen LogP contribution in [0.3, 0.4) is 0 Å². The van der Waals surface area contributed by atoms with Crippen LogP contribution in [0.4, 0.5) is 0 Å². The van der Waals surface area contributed by atoms with E-state index in [1.165, 1.54) is 0 Å². The van der Waals surface area contributed by atoms with Crippen LogP contribution in [0.1, 0.15) is 4.28 Å². The molecule has 2 N–H and O–H groups in total. The molecule has 0 unspecified atom stereocenters. The summed E-state index contributed by atoms with van der Waals surface area (Å²) in [5.74, 6) is 0. The van der Waals surface area contributed by atoms with Gasteiger partial charge in [-0.2, -0.15) is 0 Å². The molecule has 0 saturated heterocycles. The minimum atomic E-state index is 0. The molecule has 0 saturated carbocycles. The SMILES string of the molecule is OO.[Ba+2].[H-].[H-].[H-].[Li+]. The molecule has 0 aromatic heterocycles. The Morgan fingerprint density at radius 1 is 1.25 bits per heavy atom. The van der Waals surface area contributed by atoms with Gasteiger partial charge in [-0.3, -0.25) is 10.5 Å². The van der Waals surface area contributed by atoms with E-state index in [4.69, 9.17) is 10.5 Å². The van der Waals surface area contributed by atoms with E-state index in [0.717, 1.165) is 0 Å². The van der Waals surface area contributed by atoms with E-state index in [-0.39, 0.29) is 72.0 Å². The van der Waals surface area contributed by atoms with Crippen molar-refractivity contribution in [2.24, 2.45) is 0 Å². The largest absolute Gasteiger partial charge is 2.00 e. The van der Waals surface area contributed by atoms with Gasteiger partial charge in [-0.25, -0.2) is 0 Å². The Bertz CT molecular complexity index is 12.9. The maximum absolute atomic E-state index is 6.00. The van der Waals surface area contributed by atoms with Crippen LogP contribution in [0.15, 0.2) is 0 Å². The Morgan fingerprint density at radius 3 is 1.25 bits per heavy atom. The molecule has 20 valence electrons. The quantitative estimate of drug-likeness (QED) is 0.237. The van der Waals surface area contributed by atoms with Gasteiger partial charge >= 0.3 is 67.7 Å². The molecule has 4 heavy (non-hydrogen) atoms. The van der Waals surface area contributed by atoms with Gasteiger partial charge in [-0.15, -0.1) is 0 Å². The van der Waals surface area contributed by atoms with Crippen LogP contribution in [0.2, 0.25) is 0 Å². The molecule has 4 heteroatoms. The van der Waals surface area contributed by atoms with E-state index in [2.05, 4.69) is 0 Å². The minimum Gasteiger partial charge on any atom is -1.00 e. The molecule has 0 spiro atoms. The van der Waals surface area contributed by atoms with Crippen LogP contribution in [-0.2, 0) is 0 Å². The van der Waals surface area contributed by atoms with Crippen molar-refractivity contribution >= 4 is 48.9 Å². The third kappa shape index (κ3) is 8.94. The first-order chi connectivity index (χ1) is 1.00. The Labute approximate surface area is 81.2 Å². The summed E-state index contributed by atoms with van der Waals surface area (Å²) in [5, 5.41) is 12.0. The Morgan fingerprint density at radius 2 is 1.25 bits per heavy atom. The molecule has 2 nitrogen and oxygen atoms in total. The fraction of sp³-hybridized carbons (Fsp3) is 0. The molecular weight excluding hydrogens is 176 g/mol. The van der Waals surface area contributed by atoms with Gasteiger partial charge in [-0.1, -0.05) is 0 Å². The average Bonchev–Trinajstić information content (AvgIpc) is 1.00. The molecule has 0 aliphatic rings. The molecule has 0 fully saturated rings. The van der Waals surface area contributed by atoms with Crippen molar-refractivity contribution in [3.8, 4) is 0 Å². The molecule has 0 aliphatic carbocycles. The van der Waals surface area contributed by atoms with Crippen molar-refractivity contribution in [1.82, 2.24) is 0 Å².